The van der Waals surface area contributed by atoms with E-state index < -0.39 is 37.2 Å². The summed E-state index contributed by atoms with van der Waals surface area (Å²) in [6.07, 6.45) is 0.0594. The van der Waals surface area contributed by atoms with Gasteiger partial charge in [0.2, 0.25) is 6.86 Å². The van der Waals surface area contributed by atoms with Crippen LogP contribution >= 0.6 is 19.6 Å². The van der Waals surface area contributed by atoms with E-state index in [1.165, 1.54) is 0 Å². The lowest BCUT2D eigenvalue weighted by atomic mass is 10.0. The number of benzene rings is 2. The van der Waals surface area contributed by atoms with Crippen molar-refractivity contribution in [2.24, 2.45) is 5.10 Å². The number of hydrogen-bond donors (Lipinski definition) is 3. The van der Waals surface area contributed by atoms with Crippen molar-refractivity contribution < 1.29 is 41.7 Å². The molecule has 0 aliphatic carbocycles. The van der Waals surface area contributed by atoms with Crippen molar-refractivity contribution in [3.05, 3.63) is 71.3 Å². The Hall–Kier alpha value is -2.41. The Morgan fingerprint density at radius 2 is 1.94 bits per heavy atom. The minimum Gasteiger partial charge on any atom is -0.303 e. The number of amides is 2. The van der Waals surface area contributed by atoms with Gasteiger partial charge in [-0.1, -0.05) is 42.1 Å². The summed E-state index contributed by atoms with van der Waals surface area (Å²) >= 11 is 0.925. The second kappa shape index (κ2) is 10.7. The number of thioether (sulfide) groups is 1. The van der Waals surface area contributed by atoms with Crippen molar-refractivity contribution in [3.63, 3.8) is 0 Å². The summed E-state index contributed by atoms with van der Waals surface area (Å²) in [5.74, 6) is -1.50. The fourth-order valence-electron chi connectivity index (χ4n) is 3.18. The van der Waals surface area contributed by atoms with Crippen LogP contribution in [0.5, 0.6) is 0 Å². The first kappa shape index (κ1) is 25.2. The molecule has 178 valence electrons. The van der Waals surface area contributed by atoms with Gasteiger partial charge in [0.1, 0.15) is 21.5 Å². The van der Waals surface area contributed by atoms with Crippen LogP contribution in [0.4, 0.5) is 18.0 Å². The highest BCUT2D eigenvalue weighted by Crippen LogP contribution is 2.51. The van der Waals surface area contributed by atoms with Gasteiger partial charge in [-0.25, -0.2) is 32.8 Å². The van der Waals surface area contributed by atoms with Gasteiger partial charge in [0.25, 0.3) is 0 Å². The summed E-state index contributed by atoms with van der Waals surface area (Å²) in [6.45, 7) is -1.68. The number of urea groups is 1. The fourth-order valence-corrected chi connectivity index (χ4v) is 4.97. The zero-order chi connectivity index (χ0) is 24.1. The number of alkyl halides is 1. The number of carbonyl (C=O) groups is 1. The molecule has 1 aliphatic heterocycles. The first-order valence-corrected chi connectivity index (χ1v) is 11.8. The van der Waals surface area contributed by atoms with Crippen molar-refractivity contribution in [2.45, 2.75) is 17.7 Å². The molecule has 33 heavy (non-hydrogen) atoms. The zero-order valence-electron chi connectivity index (χ0n) is 16.9. The number of hydrazone groups is 1. The highest BCUT2D eigenvalue weighted by atomic mass is 32.2. The molecule has 0 bridgehead atoms. The van der Waals surface area contributed by atoms with Gasteiger partial charge in [0.05, 0.1) is 6.61 Å². The van der Waals surface area contributed by atoms with E-state index in [9.17, 15) is 22.5 Å². The summed E-state index contributed by atoms with van der Waals surface area (Å²) in [5, 5.41) is 5.03. The van der Waals surface area contributed by atoms with Crippen LogP contribution in [0.1, 0.15) is 24.0 Å². The van der Waals surface area contributed by atoms with Crippen LogP contribution in [0.15, 0.2) is 53.6 Å². The van der Waals surface area contributed by atoms with Gasteiger partial charge in [-0.15, -0.1) is 0 Å². The number of nitrogens with one attached hydrogen (secondary N) is 1. The van der Waals surface area contributed by atoms with Gasteiger partial charge in [-0.2, -0.15) is 10.1 Å². The average molecular weight is 505 g/mol. The fraction of sp³-hybridized carbons (Fsp3) is 0.263. The molecule has 1 unspecified atom stereocenters. The van der Waals surface area contributed by atoms with E-state index in [0.29, 0.717) is 5.56 Å². The molecule has 0 fully saturated rings. The minimum absolute atomic E-state index is 0.0225. The normalized spacial score (nSPS) is 18.3. The number of phosphoric ester groups is 1. The van der Waals surface area contributed by atoms with Crippen LogP contribution in [0.2, 0.25) is 0 Å². The van der Waals surface area contributed by atoms with Crippen molar-refractivity contribution in [1.29, 1.82) is 0 Å². The van der Waals surface area contributed by atoms with E-state index in [1.807, 2.05) is 5.48 Å². The first-order chi connectivity index (χ1) is 15.7. The number of carbonyl (C=O) groups excluding carboxylic acids is 1. The maximum Gasteiger partial charge on any atom is 0.469 e. The molecule has 2 aromatic rings. The van der Waals surface area contributed by atoms with E-state index in [-0.39, 0.29) is 30.1 Å². The molecular formula is C19H19F3N3O6PS. The standard InChI is InChI=1S/C19H19F3N3O6PS/c20-12-30-24-18(26)25-19(13-5-2-1-3-6-13,9-4-10-31-32(27,28)29)33-17(23-25)15-11-14(21)7-8-16(15)22/h1-3,5-8,11H,4,9-10,12H2,(H,24,26)(H2,27,28,29). The highest BCUT2D eigenvalue weighted by molar-refractivity contribution is 8.15. The van der Waals surface area contributed by atoms with E-state index in [2.05, 4.69) is 14.5 Å². The largest absolute Gasteiger partial charge is 0.469 e. The Balaban J connectivity index is 2.03. The van der Waals surface area contributed by atoms with Crippen molar-refractivity contribution in [3.8, 4) is 0 Å². The van der Waals surface area contributed by atoms with Crippen LogP contribution in [-0.4, -0.2) is 39.3 Å². The molecule has 1 atom stereocenters. The van der Waals surface area contributed by atoms with Crippen LogP contribution in [0.3, 0.4) is 0 Å². The Labute approximate surface area is 190 Å². The Bertz CT molecular complexity index is 1070. The number of hydrogen-bond acceptors (Lipinski definition) is 6. The Morgan fingerprint density at radius 1 is 1.21 bits per heavy atom. The number of nitrogens with zero attached hydrogens (tertiary/aromatic N) is 2. The molecule has 3 rings (SSSR count). The zero-order valence-corrected chi connectivity index (χ0v) is 18.6. The molecule has 0 spiro atoms. The number of halogens is 3. The molecule has 2 aromatic carbocycles. The molecule has 1 heterocycles. The topological polar surface area (TPSA) is 121 Å². The van der Waals surface area contributed by atoms with Gasteiger partial charge >= 0.3 is 13.9 Å². The lowest BCUT2D eigenvalue weighted by molar-refractivity contribution is -0.00906. The summed E-state index contributed by atoms with van der Waals surface area (Å²) in [6, 6.07) is 10.2. The molecule has 14 heteroatoms. The Kier molecular flexibility index (Phi) is 8.16. The van der Waals surface area contributed by atoms with E-state index in [1.54, 1.807) is 30.3 Å². The molecule has 0 radical (unpaired) electrons. The molecule has 0 saturated heterocycles. The van der Waals surface area contributed by atoms with Crippen molar-refractivity contribution in [2.75, 3.05) is 13.5 Å². The van der Waals surface area contributed by atoms with Gasteiger partial charge in [-0.3, -0.25) is 4.52 Å². The molecule has 0 saturated carbocycles. The van der Waals surface area contributed by atoms with E-state index in [4.69, 9.17) is 9.79 Å². The molecular weight excluding hydrogens is 486 g/mol. The predicted molar refractivity (Wildman–Crippen MR) is 113 cm³/mol. The molecule has 2 amide bonds. The first-order valence-electron chi connectivity index (χ1n) is 9.43. The third-order valence-electron chi connectivity index (χ3n) is 4.51. The SMILES string of the molecule is O=C(NOCF)N1N=C(c2cc(F)ccc2F)SC1(CCCOP(=O)(O)O)c1ccccc1. The second-order valence-electron chi connectivity index (χ2n) is 6.68. The maximum absolute atomic E-state index is 14.5. The van der Waals surface area contributed by atoms with Gasteiger partial charge in [-0.05, 0) is 36.6 Å². The number of rotatable bonds is 9. The van der Waals surface area contributed by atoms with E-state index >= 15 is 0 Å². The van der Waals surface area contributed by atoms with Gasteiger partial charge in [0, 0.05) is 5.56 Å². The predicted octanol–water partition coefficient (Wildman–Crippen LogP) is 3.99. The molecule has 0 aromatic heterocycles. The lowest BCUT2D eigenvalue weighted by Crippen LogP contribution is -2.46. The number of phosphoric acid groups is 1. The molecule has 9 nitrogen and oxygen atoms in total. The van der Waals surface area contributed by atoms with Crippen LogP contribution in [0, 0.1) is 11.6 Å². The maximum atomic E-state index is 14.5. The van der Waals surface area contributed by atoms with Crippen molar-refractivity contribution in [1.82, 2.24) is 10.5 Å². The van der Waals surface area contributed by atoms with Crippen LogP contribution in [-0.2, 0) is 18.8 Å². The summed E-state index contributed by atoms with van der Waals surface area (Å²) < 4.78 is 56.3. The molecule has 1 aliphatic rings. The van der Waals surface area contributed by atoms with Crippen LogP contribution in [0.25, 0.3) is 0 Å². The number of hydroxylamine groups is 1. The molecule has 3 N–H and O–H groups in total. The lowest BCUT2D eigenvalue weighted by Gasteiger charge is -2.35. The quantitative estimate of drug-likeness (QED) is 0.268. The average Bonchev–Trinajstić information content (AvgIpc) is 3.17. The summed E-state index contributed by atoms with van der Waals surface area (Å²) in [5.41, 5.74) is 2.19. The van der Waals surface area contributed by atoms with Gasteiger partial charge in [0.15, 0.2) is 0 Å². The van der Waals surface area contributed by atoms with Crippen molar-refractivity contribution >= 4 is 30.7 Å². The van der Waals surface area contributed by atoms with Gasteiger partial charge < -0.3 is 9.79 Å². The second-order valence-corrected chi connectivity index (χ2v) is 9.19. The minimum atomic E-state index is -4.72. The smallest absolute Gasteiger partial charge is 0.303 e. The third-order valence-corrected chi connectivity index (χ3v) is 6.47. The van der Waals surface area contributed by atoms with E-state index in [0.717, 1.165) is 35.0 Å². The third kappa shape index (κ3) is 6.14. The highest BCUT2D eigenvalue weighted by Gasteiger charge is 2.49. The van der Waals surface area contributed by atoms with Crippen LogP contribution < -0.4 is 5.48 Å². The summed E-state index contributed by atoms with van der Waals surface area (Å²) in [4.78, 5) is 33.6. The monoisotopic (exact) mass is 505 g/mol. The summed E-state index contributed by atoms with van der Waals surface area (Å²) in [7, 11) is -4.72. The Morgan fingerprint density at radius 3 is 2.61 bits per heavy atom.